The van der Waals surface area contributed by atoms with Crippen molar-refractivity contribution in [3.8, 4) is 11.5 Å². The van der Waals surface area contributed by atoms with Crippen molar-refractivity contribution in [2.24, 2.45) is 5.92 Å². The Morgan fingerprint density at radius 2 is 1.79 bits per heavy atom. The van der Waals surface area contributed by atoms with Gasteiger partial charge in [-0.2, -0.15) is 0 Å². The molecule has 2 aliphatic heterocycles. The summed E-state index contributed by atoms with van der Waals surface area (Å²) in [5, 5.41) is -0.403. The van der Waals surface area contributed by atoms with Gasteiger partial charge in [0, 0.05) is 29.7 Å². The number of hydrogen-bond donors (Lipinski definition) is 1. The van der Waals surface area contributed by atoms with Crippen LogP contribution in [0.5, 0.6) is 11.5 Å². The SMILES string of the molecule is Cc1c(F)c(F)c(S(=O)(=O)NCC2CCN(CC3COc4ccc(Cl)cc4O3)CC2)c(Cl)c1F. The van der Waals surface area contributed by atoms with Gasteiger partial charge in [0.25, 0.3) is 0 Å². The zero-order valence-corrected chi connectivity index (χ0v) is 20.5. The van der Waals surface area contributed by atoms with Crippen LogP contribution in [0.3, 0.4) is 0 Å². The minimum Gasteiger partial charge on any atom is -0.486 e. The van der Waals surface area contributed by atoms with E-state index in [0.29, 0.717) is 55.6 Å². The maximum atomic E-state index is 14.3. The van der Waals surface area contributed by atoms with Crippen molar-refractivity contribution >= 4 is 33.2 Å². The number of piperidine rings is 1. The molecule has 2 heterocycles. The van der Waals surface area contributed by atoms with E-state index in [0.717, 1.165) is 6.92 Å². The van der Waals surface area contributed by atoms with Gasteiger partial charge in [-0.1, -0.05) is 23.2 Å². The van der Waals surface area contributed by atoms with Crippen molar-refractivity contribution < 1.29 is 31.1 Å². The first-order valence-electron chi connectivity index (χ1n) is 10.7. The molecule has 34 heavy (non-hydrogen) atoms. The second kappa shape index (κ2) is 10.1. The normalized spacial score (nSPS) is 19.4. The van der Waals surface area contributed by atoms with E-state index in [1.54, 1.807) is 18.2 Å². The minimum atomic E-state index is -4.55. The highest BCUT2D eigenvalue weighted by atomic mass is 35.5. The molecule has 12 heteroatoms. The van der Waals surface area contributed by atoms with E-state index in [9.17, 15) is 21.6 Å². The lowest BCUT2D eigenvalue weighted by Gasteiger charge is -2.35. The van der Waals surface area contributed by atoms with Crippen LogP contribution in [0.2, 0.25) is 10.0 Å². The van der Waals surface area contributed by atoms with Gasteiger partial charge >= 0.3 is 0 Å². The molecule has 0 bridgehead atoms. The minimum absolute atomic E-state index is 0.00201. The fourth-order valence-corrected chi connectivity index (χ4v) is 6.04. The third-order valence-electron chi connectivity index (χ3n) is 6.07. The second-order valence-electron chi connectivity index (χ2n) is 8.45. The van der Waals surface area contributed by atoms with E-state index < -0.39 is 43.0 Å². The summed E-state index contributed by atoms with van der Waals surface area (Å²) in [6.45, 7) is 3.40. The fraction of sp³-hybridized carbons (Fsp3) is 0.455. The predicted molar refractivity (Wildman–Crippen MR) is 122 cm³/mol. The van der Waals surface area contributed by atoms with Crippen molar-refractivity contribution in [2.75, 3.05) is 32.8 Å². The fourth-order valence-electron chi connectivity index (χ4n) is 4.10. The zero-order chi connectivity index (χ0) is 24.6. The van der Waals surface area contributed by atoms with Crippen molar-refractivity contribution in [3.05, 3.63) is 51.3 Å². The number of hydrogen-bond acceptors (Lipinski definition) is 5. The van der Waals surface area contributed by atoms with Gasteiger partial charge in [-0.15, -0.1) is 0 Å². The van der Waals surface area contributed by atoms with Crippen LogP contribution in [0.15, 0.2) is 23.1 Å². The van der Waals surface area contributed by atoms with Gasteiger partial charge in [0.2, 0.25) is 10.0 Å². The summed E-state index contributed by atoms with van der Waals surface area (Å²) in [5.74, 6) is -3.35. The van der Waals surface area contributed by atoms with E-state index in [1.165, 1.54) is 0 Å². The smallest absolute Gasteiger partial charge is 0.245 e. The first kappa shape index (κ1) is 25.4. The number of ether oxygens (including phenoxy) is 2. The molecule has 1 unspecified atom stereocenters. The molecule has 1 saturated heterocycles. The molecule has 2 aliphatic rings. The summed E-state index contributed by atoms with van der Waals surface area (Å²) < 4.78 is 81.3. The summed E-state index contributed by atoms with van der Waals surface area (Å²) >= 11 is 11.7. The summed E-state index contributed by atoms with van der Waals surface area (Å²) in [6, 6.07) is 5.21. The number of likely N-dealkylation sites (tertiary alicyclic amines) is 1. The Morgan fingerprint density at radius 1 is 1.09 bits per heavy atom. The highest BCUT2D eigenvalue weighted by Gasteiger charge is 2.32. The number of sulfonamides is 1. The molecule has 0 aromatic heterocycles. The Hall–Kier alpha value is -1.72. The van der Waals surface area contributed by atoms with Gasteiger partial charge in [-0.05, 0) is 50.9 Å². The standard InChI is InChI=1S/C22H23Cl2F3N2O4S/c1-12-19(25)18(24)22(21(27)20(12)26)34(30,31)28-9-13-4-6-29(7-5-13)10-15-11-32-16-3-2-14(23)8-17(16)33-15/h2-3,8,13,15,28H,4-7,9-11H2,1H3. The summed E-state index contributed by atoms with van der Waals surface area (Å²) in [6.07, 6.45) is 1.17. The van der Waals surface area contributed by atoms with Gasteiger partial charge in [-0.3, -0.25) is 4.90 Å². The van der Waals surface area contributed by atoms with Crippen molar-refractivity contribution in [3.63, 3.8) is 0 Å². The van der Waals surface area contributed by atoms with Gasteiger partial charge in [-0.25, -0.2) is 26.3 Å². The highest BCUT2D eigenvalue weighted by molar-refractivity contribution is 7.89. The molecule has 2 aromatic carbocycles. The van der Waals surface area contributed by atoms with Crippen molar-refractivity contribution in [1.29, 1.82) is 0 Å². The lowest BCUT2D eigenvalue weighted by molar-refractivity contribution is 0.0481. The summed E-state index contributed by atoms with van der Waals surface area (Å²) in [7, 11) is -4.55. The van der Waals surface area contributed by atoms with E-state index in [1.807, 2.05) is 0 Å². The Kier molecular flexibility index (Phi) is 7.54. The van der Waals surface area contributed by atoms with Crippen molar-refractivity contribution in [2.45, 2.75) is 30.8 Å². The maximum absolute atomic E-state index is 14.3. The Labute approximate surface area is 206 Å². The van der Waals surface area contributed by atoms with Gasteiger partial charge in [0.15, 0.2) is 23.1 Å². The quantitative estimate of drug-likeness (QED) is 0.546. The average molecular weight is 539 g/mol. The molecule has 0 saturated carbocycles. The molecule has 0 aliphatic carbocycles. The number of rotatable bonds is 6. The molecule has 186 valence electrons. The number of halogens is 5. The molecule has 2 aromatic rings. The number of benzene rings is 2. The number of fused-ring (bicyclic) bond motifs is 1. The van der Waals surface area contributed by atoms with Crippen LogP contribution < -0.4 is 14.2 Å². The molecule has 1 atom stereocenters. The second-order valence-corrected chi connectivity index (χ2v) is 11.0. The third-order valence-corrected chi connectivity index (χ3v) is 8.24. The molecular formula is C22H23Cl2F3N2O4S. The molecule has 4 rings (SSSR count). The first-order valence-corrected chi connectivity index (χ1v) is 12.9. The summed E-state index contributed by atoms with van der Waals surface area (Å²) in [4.78, 5) is 0.984. The largest absolute Gasteiger partial charge is 0.486 e. The molecule has 0 amide bonds. The van der Waals surface area contributed by atoms with Crippen LogP contribution in [0.25, 0.3) is 0 Å². The van der Waals surface area contributed by atoms with Gasteiger partial charge in [0.05, 0.1) is 5.02 Å². The molecule has 0 spiro atoms. The van der Waals surface area contributed by atoms with Crippen LogP contribution in [0.1, 0.15) is 18.4 Å². The molecule has 1 fully saturated rings. The topological polar surface area (TPSA) is 67.9 Å². The predicted octanol–water partition coefficient (Wildman–Crippen LogP) is 4.55. The molecule has 0 radical (unpaired) electrons. The average Bonchev–Trinajstić information content (AvgIpc) is 2.81. The Morgan fingerprint density at radius 3 is 2.50 bits per heavy atom. The van der Waals surface area contributed by atoms with Crippen molar-refractivity contribution in [1.82, 2.24) is 9.62 Å². The number of nitrogens with zero attached hydrogens (tertiary/aromatic N) is 1. The van der Waals surface area contributed by atoms with Crippen LogP contribution in [-0.4, -0.2) is 52.2 Å². The van der Waals surface area contributed by atoms with Gasteiger partial charge in [0.1, 0.15) is 23.4 Å². The maximum Gasteiger partial charge on any atom is 0.245 e. The number of nitrogens with one attached hydrogen (secondary N) is 1. The third kappa shape index (κ3) is 5.26. The molecular weight excluding hydrogens is 516 g/mol. The van der Waals surface area contributed by atoms with Crippen LogP contribution >= 0.6 is 23.2 Å². The highest BCUT2D eigenvalue weighted by Crippen LogP contribution is 2.35. The molecule has 6 nitrogen and oxygen atoms in total. The van der Waals surface area contributed by atoms with Crippen LogP contribution in [0, 0.1) is 30.3 Å². The first-order chi connectivity index (χ1) is 16.1. The van der Waals surface area contributed by atoms with E-state index >= 15 is 0 Å². The van der Waals surface area contributed by atoms with Gasteiger partial charge < -0.3 is 9.47 Å². The lowest BCUT2D eigenvalue weighted by atomic mass is 9.97. The lowest BCUT2D eigenvalue weighted by Crippen LogP contribution is -2.45. The monoisotopic (exact) mass is 538 g/mol. The summed E-state index contributed by atoms with van der Waals surface area (Å²) in [5.41, 5.74) is -0.673. The van der Waals surface area contributed by atoms with Crippen LogP contribution in [-0.2, 0) is 10.0 Å². The van der Waals surface area contributed by atoms with E-state index in [2.05, 4.69) is 9.62 Å². The van der Waals surface area contributed by atoms with Crippen LogP contribution in [0.4, 0.5) is 13.2 Å². The van der Waals surface area contributed by atoms with E-state index in [-0.39, 0.29) is 18.6 Å². The van der Waals surface area contributed by atoms with E-state index in [4.69, 9.17) is 32.7 Å². The Bertz CT molecular complexity index is 1160. The Balaban J connectivity index is 1.30. The molecule has 1 N–H and O–H groups in total. The zero-order valence-electron chi connectivity index (χ0n) is 18.2.